The number of hydrogen-bond donors (Lipinski definition) is 0. The number of nitrogens with zero attached hydrogens (tertiary/aromatic N) is 3. The summed E-state index contributed by atoms with van der Waals surface area (Å²) in [5.74, 6) is -2.13. The smallest absolute Gasteiger partial charge is 0.416 e. The van der Waals surface area contributed by atoms with E-state index in [1.54, 1.807) is 0 Å². The van der Waals surface area contributed by atoms with Crippen molar-refractivity contribution in [2.24, 2.45) is 0 Å². The summed E-state index contributed by atoms with van der Waals surface area (Å²) in [6.07, 6.45) is 3.48. The van der Waals surface area contributed by atoms with Crippen molar-refractivity contribution in [1.29, 1.82) is 0 Å². The van der Waals surface area contributed by atoms with E-state index in [0.29, 0.717) is 18.4 Å². The molecule has 3 aliphatic rings. The topological polar surface area (TPSA) is 62.3 Å². The monoisotopic (exact) mass is 577 g/mol. The van der Waals surface area contributed by atoms with Gasteiger partial charge in [0.15, 0.2) is 0 Å². The number of methoxy groups -OCH3 is 2. The lowest BCUT2D eigenvalue weighted by Gasteiger charge is -2.40. The second-order valence-electron chi connectivity index (χ2n) is 11.1. The minimum atomic E-state index is -4.51. The molecule has 2 saturated heterocycles. The average Bonchev–Trinajstić information content (AvgIpc) is 2.99. The molecular formula is C31H42F3N3O4. The Kier molecular flexibility index (Phi) is 10.5. The van der Waals surface area contributed by atoms with E-state index < -0.39 is 29.6 Å². The first-order valence-electron chi connectivity index (χ1n) is 14.6. The second-order valence-corrected chi connectivity index (χ2v) is 11.1. The fraction of sp³-hybridized carbons (Fsp3) is 0.613. The van der Waals surface area contributed by atoms with Crippen molar-refractivity contribution in [3.8, 4) is 0 Å². The molecule has 0 aliphatic carbocycles. The third-order valence-electron chi connectivity index (χ3n) is 8.62. The van der Waals surface area contributed by atoms with Crippen LogP contribution in [0.25, 0.3) is 0 Å². The van der Waals surface area contributed by atoms with Crippen LogP contribution in [0.2, 0.25) is 0 Å². The first-order valence-corrected chi connectivity index (χ1v) is 14.6. The lowest BCUT2D eigenvalue weighted by molar-refractivity contribution is -0.139. The SMILES string of the molecule is COC(=O)C1=C(CCN2CCCCC2)N(C)C(CCN2CCCCC2)=C(C(=O)OC)C1c1ccc(C(F)(F)F)cc1. The maximum Gasteiger partial charge on any atom is 0.416 e. The van der Waals surface area contributed by atoms with E-state index >= 15 is 0 Å². The molecule has 1 aromatic carbocycles. The van der Waals surface area contributed by atoms with Gasteiger partial charge in [0, 0.05) is 44.4 Å². The fourth-order valence-corrected chi connectivity index (χ4v) is 6.39. The number of rotatable bonds is 9. The molecule has 1 aromatic rings. The lowest BCUT2D eigenvalue weighted by Crippen LogP contribution is -2.39. The lowest BCUT2D eigenvalue weighted by atomic mass is 9.78. The van der Waals surface area contributed by atoms with Crippen LogP contribution in [0.3, 0.4) is 0 Å². The highest BCUT2D eigenvalue weighted by molar-refractivity contribution is 6.00. The van der Waals surface area contributed by atoms with Gasteiger partial charge in [0.05, 0.1) is 36.8 Å². The minimum absolute atomic E-state index is 0.272. The number of carbonyl (C=O) groups excluding carboxylic acids is 2. The van der Waals surface area contributed by atoms with Gasteiger partial charge in [0.1, 0.15) is 0 Å². The van der Waals surface area contributed by atoms with E-state index in [4.69, 9.17) is 9.47 Å². The van der Waals surface area contributed by atoms with Gasteiger partial charge in [-0.2, -0.15) is 13.2 Å². The van der Waals surface area contributed by atoms with Gasteiger partial charge in [0.25, 0.3) is 0 Å². The highest BCUT2D eigenvalue weighted by atomic mass is 19.4. The minimum Gasteiger partial charge on any atom is -0.466 e. The highest BCUT2D eigenvalue weighted by Crippen LogP contribution is 2.45. The summed E-state index contributed by atoms with van der Waals surface area (Å²) in [6.45, 7) is 5.39. The molecule has 0 saturated carbocycles. The zero-order chi connectivity index (χ0) is 29.6. The summed E-state index contributed by atoms with van der Waals surface area (Å²) < 4.78 is 50.8. The maximum atomic E-state index is 13.5. The molecule has 4 rings (SSSR count). The maximum absolute atomic E-state index is 13.5. The van der Waals surface area contributed by atoms with Crippen LogP contribution >= 0.6 is 0 Å². The quantitative estimate of drug-likeness (QED) is 0.367. The van der Waals surface area contributed by atoms with Crippen molar-refractivity contribution in [1.82, 2.24) is 14.7 Å². The van der Waals surface area contributed by atoms with Gasteiger partial charge in [-0.05, 0) is 69.6 Å². The summed E-state index contributed by atoms with van der Waals surface area (Å²) in [5, 5.41) is 0. The molecule has 0 spiro atoms. The zero-order valence-electron chi connectivity index (χ0n) is 24.4. The number of benzene rings is 1. The molecule has 2 fully saturated rings. The molecule has 0 unspecified atom stereocenters. The van der Waals surface area contributed by atoms with Gasteiger partial charge in [-0.3, -0.25) is 0 Å². The first-order chi connectivity index (χ1) is 19.7. The van der Waals surface area contributed by atoms with E-state index in [9.17, 15) is 22.8 Å². The largest absolute Gasteiger partial charge is 0.466 e. The Labute approximate surface area is 240 Å². The molecular weight excluding hydrogens is 535 g/mol. The van der Waals surface area contributed by atoms with E-state index in [-0.39, 0.29) is 11.1 Å². The molecule has 0 aromatic heterocycles. The molecule has 0 atom stereocenters. The molecule has 41 heavy (non-hydrogen) atoms. The highest BCUT2D eigenvalue weighted by Gasteiger charge is 2.42. The van der Waals surface area contributed by atoms with E-state index in [2.05, 4.69) is 9.80 Å². The molecule has 0 bridgehead atoms. The summed E-state index contributed by atoms with van der Waals surface area (Å²) in [7, 11) is 4.44. The predicted octanol–water partition coefficient (Wildman–Crippen LogP) is 5.34. The van der Waals surface area contributed by atoms with Gasteiger partial charge in [-0.15, -0.1) is 0 Å². The molecule has 3 aliphatic heterocycles. The summed E-state index contributed by atoms with van der Waals surface area (Å²) >= 11 is 0. The Bertz CT molecular complexity index is 1070. The van der Waals surface area contributed by atoms with Crippen molar-refractivity contribution < 1.29 is 32.2 Å². The van der Waals surface area contributed by atoms with Crippen LogP contribution in [-0.4, -0.2) is 87.2 Å². The van der Waals surface area contributed by atoms with Crippen LogP contribution in [0.5, 0.6) is 0 Å². The van der Waals surface area contributed by atoms with Crippen LogP contribution in [0, 0.1) is 0 Å². The van der Waals surface area contributed by atoms with Crippen molar-refractivity contribution in [3.63, 3.8) is 0 Å². The van der Waals surface area contributed by atoms with Crippen molar-refractivity contribution in [2.75, 3.05) is 60.5 Å². The third-order valence-corrected chi connectivity index (χ3v) is 8.62. The van der Waals surface area contributed by atoms with Crippen molar-refractivity contribution >= 4 is 11.9 Å². The van der Waals surface area contributed by atoms with Crippen molar-refractivity contribution in [2.45, 2.75) is 63.5 Å². The fourth-order valence-electron chi connectivity index (χ4n) is 6.39. The Morgan fingerprint density at radius 2 is 1.17 bits per heavy atom. The molecule has 0 amide bonds. The third kappa shape index (κ3) is 7.33. The Morgan fingerprint density at radius 3 is 1.54 bits per heavy atom. The molecule has 10 heteroatoms. The number of alkyl halides is 3. The van der Waals surface area contributed by atoms with Gasteiger partial charge >= 0.3 is 18.1 Å². The number of ether oxygens (including phenoxy) is 2. The predicted molar refractivity (Wildman–Crippen MR) is 150 cm³/mol. The number of hydrogen-bond acceptors (Lipinski definition) is 7. The van der Waals surface area contributed by atoms with Gasteiger partial charge in [-0.25, -0.2) is 9.59 Å². The van der Waals surface area contributed by atoms with Crippen LogP contribution < -0.4 is 0 Å². The Hall–Kier alpha value is -2.85. The summed E-state index contributed by atoms with van der Waals surface area (Å²) in [5.41, 5.74) is 1.62. The standard InChI is InChI=1S/C31H42F3N3O4/c1-35-24(14-20-36-16-6-4-7-17-36)27(29(38)40-2)26(22-10-12-23(13-11-22)31(32,33)34)28(30(39)41-3)25(35)15-21-37-18-8-5-9-19-37/h10-13,26H,4-9,14-21H2,1-3H3. The zero-order valence-corrected chi connectivity index (χ0v) is 24.4. The molecule has 0 N–H and O–H groups in total. The van der Waals surface area contributed by atoms with Crippen LogP contribution in [0.1, 0.15) is 68.4 Å². The number of likely N-dealkylation sites (tertiary alicyclic amines) is 2. The van der Waals surface area contributed by atoms with Gasteiger partial charge in [-0.1, -0.05) is 25.0 Å². The van der Waals surface area contributed by atoms with Crippen molar-refractivity contribution in [3.05, 3.63) is 57.9 Å². The summed E-state index contributed by atoms with van der Waals surface area (Å²) in [6, 6.07) is 4.71. The van der Waals surface area contributed by atoms with Gasteiger partial charge < -0.3 is 24.2 Å². The van der Waals surface area contributed by atoms with Crippen LogP contribution in [0.15, 0.2) is 46.8 Å². The van der Waals surface area contributed by atoms with Gasteiger partial charge in [0.2, 0.25) is 0 Å². The number of carbonyl (C=O) groups is 2. The Balaban J connectivity index is 1.82. The number of piperidine rings is 2. The molecule has 0 radical (unpaired) electrons. The summed E-state index contributed by atoms with van der Waals surface area (Å²) in [4.78, 5) is 33.6. The molecule has 7 nitrogen and oxygen atoms in total. The first kappa shape index (κ1) is 31.1. The number of halogens is 3. The van der Waals surface area contributed by atoms with Crippen LogP contribution in [0.4, 0.5) is 13.2 Å². The van der Waals surface area contributed by atoms with Crippen LogP contribution in [-0.2, 0) is 25.2 Å². The van der Waals surface area contributed by atoms with E-state index in [0.717, 1.165) is 88.5 Å². The number of esters is 2. The van der Waals surface area contributed by atoms with E-state index in [1.165, 1.54) is 39.2 Å². The second kappa shape index (κ2) is 13.9. The normalized spacial score (nSPS) is 20.0. The average molecular weight is 578 g/mol. The van der Waals surface area contributed by atoms with E-state index in [1.807, 2.05) is 11.9 Å². The Morgan fingerprint density at radius 1 is 0.756 bits per heavy atom. The molecule has 226 valence electrons. The molecule has 3 heterocycles.